The molecule has 11 aromatic rings. The fourth-order valence-corrected chi connectivity index (χ4v) is 10.2. The zero-order chi connectivity index (χ0) is 112. The quantitative estimate of drug-likeness (QED) is 0.0186. The second kappa shape index (κ2) is 48.4. The Bertz CT molecular complexity index is 7160. The summed E-state index contributed by atoms with van der Waals surface area (Å²) in [5.74, 6) is -17.4. The van der Waals surface area contributed by atoms with Gasteiger partial charge < -0.3 is 102 Å². The summed E-state index contributed by atoms with van der Waals surface area (Å²) in [7, 11) is 6.14. The van der Waals surface area contributed by atoms with E-state index >= 15 is 0 Å². The molecule has 0 saturated heterocycles. The topological polar surface area (TPSA) is 656 Å². The molecule has 131 heavy (non-hydrogen) atoms. The standard InChI is InChI=1S/C24H25FN4O5.C20H21FN6O5.C18H21N3O6.C16H19FN4O3.C4H4N2O3.CH2O2.K.H3N/c1-24(2,28-23(33)34-14-16-7-5-4-6-8-16)22-27-18(19(30)21(32)29(22)3)20(31)26-13-15-9-11-17(25)12-10-15;1-10-25-26-17(32-10)16(30)24-20(2,3)19-23-13(14(28)18(31)27(19)4)15(29)22-9-11-5-7-12(21)8-6-11;1-18(2,20-17(25)27-10-11-8-6-5-7-9-11)16-19-12(15(24)26-4)13(22)14(23)21(16)3;1-16(2,18)15-20-11(12(22)14(24)21(15)3)13(23)19-8-9-4-6-10(17)7-5-9;1-2-5-6-3(9-2)4(7)8;2-1-3;;/h4-12,30H,13-14H2,1-3H3,(H,26,31)(H,28,33);5-8,28H,9H2,1-4H3,(H,22,29)(H,24,30);5-9,22H,10H2,1-4H3,(H,20,25);4-7,22H,8,18H2,1-3H3,(H,19,23);1H3,(H,7,8);1H,(H,2,3);;1H3/q;;;;;;+1;/p-1/i9D,10D,11D,12D,13D2;5D,6D,7D,8D,9D2;;4D,5D,6D,7D,8D2;;;;. The second-order valence-corrected chi connectivity index (χ2v) is 27.9. The van der Waals surface area contributed by atoms with Gasteiger partial charge >= 0.3 is 81.3 Å². The summed E-state index contributed by atoms with van der Waals surface area (Å²) in [4.78, 5) is 171. The van der Waals surface area contributed by atoms with E-state index < -0.39 is 276 Å². The number of methoxy groups -OCH3 is 1. The number of halogens is 3. The molecular weight excluding hydrogens is 1760 g/mol. The van der Waals surface area contributed by atoms with Gasteiger partial charge in [0.1, 0.15) is 59.9 Å². The van der Waals surface area contributed by atoms with Crippen LogP contribution in [0.15, 0.2) is 161 Å². The number of alkyl carbamates (subject to hydrolysis) is 2. The Kier molecular flexibility index (Phi) is 30.3. The number of carbonyl (C=O) groups is 9. The third kappa shape index (κ3) is 30.8. The molecule has 16 N–H and O–H groups in total. The maximum absolute atomic E-state index is 13.9. The van der Waals surface area contributed by atoms with Crippen LogP contribution in [0.3, 0.4) is 0 Å². The van der Waals surface area contributed by atoms with Crippen molar-refractivity contribution in [1.82, 2.24) is 96.7 Å². The van der Waals surface area contributed by atoms with Crippen LogP contribution >= 0.6 is 0 Å². The average Bonchev–Trinajstić information content (AvgIpc) is 0.928. The number of benzene rings is 5. The molecule has 44 nitrogen and oxygen atoms in total. The van der Waals surface area contributed by atoms with Crippen LogP contribution in [0.5, 0.6) is 23.0 Å². The largest absolute Gasteiger partial charge is 1.00 e. The normalized spacial score (nSPS) is 13.0. The number of nitrogens with zero attached hydrogens (tertiary/aromatic N) is 12. The molecular formula is C83H94F3KN20O24. The van der Waals surface area contributed by atoms with E-state index in [1.54, 1.807) is 60.1 Å². The van der Waals surface area contributed by atoms with E-state index in [1.165, 1.54) is 83.6 Å². The van der Waals surface area contributed by atoms with Crippen LogP contribution in [0.4, 0.5) is 22.8 Å². The van der Waals surface area contributed by atoms with Gasteiger partial charge in [0.15, 0.2) is 22.8 Å². The number of carbonyl (C=O) groups excluding carboxylic acids is 8. The van der Waals surface area contributed by atoms with E-state index in [0.29, 0.717) is 5.56 Å². The predicted molar refractivity (Wildman–Crippen MR) is 448 cm³/mol. The van der Waals surface area contributed by atoms with Crippen molar-refractivity contribution in [2.24, 2.45) is 33.9 Å². The molecule has 6 heterocycles. The number of esters is 1. The van der Waals surface area contributed by atoms with Crippen molar-refractivity contribution in [3.63, 3.8) is 0 Å². The molecule has 0 fully saturated rings. The van der Waals surface area contributed by atoms with E-state index in [4.69, 9.17) is 54.2 Å². The van der Waals surface area contributed by atoms with E-state index in [9.17, 15) is 96.2 Å². The number of aromatic hydroxyl groups is 4. The Morgan fingerprint density at radius 1 is 0.473 bits per heavy atom. The molecule has 0 spiro atoms. The zero-order valence-electron chi connectivity index (χ0n) is 90.0. The molecule has 0 unspecified atom stereocenters. The van der Waals surface area contributed by atoms with Gasteiger partial charge in [-0.15, -0.1) is 20.4 Å². The van der Waals surface area contributed by atoms with Crippen molar-refractivity contribution >= 4 is 54.2 Å². The molecule has 0 bridgehead atoms. The molecule has 0 aliphatic carbocycles. The summed E-state index contributed by atoms with van der Waals surface area (Å²) in [6.45, 7) is 5.18. The van der Waals surface area contributed by atoms with Gasteiger partial charge in [-0.25, -0.2) is 47.5 Å². The van der Waals surface area contributed by atoms with Gasteiger partial charge in [-0.05, 0) is 119 Å². The number of amides is 6. The number of nitrogens with two attached hydrogens (primary N) is 1. The smallest absolute Gasteiger partial charge is 0.540 e. The van der Waals surface area contributed by atoms with Crippen LogP contribution in [0.2, 0.25) is 0 Å². The van der Waals surface area contributed by atoms with Gasteiger partial charge in [-0.2, -0.15) is 0 Å². The fourth-order valence-electron chi connectivity index (χ4n) is 10.2. The van der Waals surface area contributed by atoms with E-state index in [2.05, 4.69) is 65.4 Å². The van der Waals surface area contributed by atoms with Crippen LogP contribution < -0.4 is 123 Å². The van der Waals surface area contributed by atoms with Crippen molar-refractivity contribution in [2.45, 2.75) is 124 Å². The molecule has 0 aliphatic heterocycles. The maximum Gasteiger partial charge on any atom is 1.00 e. The molecule has 692 valence electrons. The fraction of sp³-hybridized carbons (Fsp3) is 0.289. The van der Waals surface area contributed by atoms with Crippen molar-refractivity contribution in [2.75, 3.05) is 7.11 Å². The number of carboxylic acid groups (broad SMARTS) is 2. The van der Waals surface area contributed by atoms with Crippen LogP contribution in [-0.2, 0) is 102 Å². The summed E-state index contributed by atoms with van der Waals surface area (Å²) < 4.78 is 210. The predicted octanol–water partition coefficient (Wildman–Crippen LogP) is 1.42. The van der Waals surface area contributed by atoms with Crippen molar-refractivity contribution in [3.05, 3.63) is 289 Å². The molecule has 11 rings (SSSR count). The van der Waals surface area contributed by atoms with Crippen molar-refractivity contribution in [1.29, 1.82) is 0 Å². The van der Waals surface area contributed by atoms with Crippen LogP contribution in [-0.4, -0.2) is 145 Å². The SMILES string of the molecule is COC(=O)c1nc(C(C)(C)NC(=O)OCc2ccccc2)n(C)c(=O)c1O.Cc1nnc(C(=O)[O-])o1.N.O=CO.[2H]c1c([2H])c(C([2H])([2H])NC(=O)c2nc(C(C)(C)N)n(C)c(=O)c2O)c([2H])c([2H])c1F.[2H]c1c([2H])c(C([2H])([2H])NC(=O)c2nc(C(C)(C)NC(=O)OCc3ccccc3)n(C)c(=O)c2O)c([2H])c([2H])c1F.[2H]c1c([2H])c(C([2H])([2H])NC(=O)c2nc(C(C)(C)NC(=O)c3nnc(C)o3)n(C)c(=O)c2O)c([2H])c([2H])c1F.[K+]. The summed E-state index contributed by atoms with van der Waals surface area (Å²) >= 11 is 0. The Morgan fingerprint density at radius 2 is 0.748 bits per heavy atom. The molecule has 0 atom stereocenters. The Hall–Kier alpha value is -14.7. The van der Waals surface area contributed by atoms with Crippen LogP contribution in [0, 0.1) is 31.3 Å². The van der Waals surface area contributed by atoms with E-state index in [-0.39, 0.29) is 112 Å². The number of aryl methyl sites for hydroxylation is 2. The third-order valence-electron chi connectivity index (χ3n) is 16.1. The first-order valence-corrected chi connectivity index (χ1v) is 36.3. The maximum atomic E-state index is 13.9. The number of nitrogens with one attached hydrogen (secondary N) is 6. The third-order valence-corrected chi connectivity index (χ3v) is 16.1. The Labute approximate surface area is 810 Å². The molecule has 6 amide bonds. The number of rotatable bonds is 23. The number of carboxylic acids is 1. The number of hydrogen-bond acceptors (Lipinski definition) is 33. The Morgan fingerprint density at radius 3 is 1.02 bits per heavy atom. The van der Waals surface area contributed by atoms with Gasteiger partial charge in [0, 0.05) is 61.5 Å². The molecule has 0 saturated carbocycles. The molecule has 0 radical (unpaired) electrons. The van der Waals surface area contributed by atoms with E-state index in [1.807, 2.05) is 30.3 Å². The average molecular weight is 1870 g/mol. The minimum Gasteiger partial charge on any atom is -0.540 e. The number of aromatic nitrogens is 12. The minimum absolute atomic E-state index is 0. The van der Waals surface area contributed by atoms with Crippen molar-refractivity contribution < 1.29 is 186 Å². The van der Waals surface area contributed by atoms with Crippen LogP contribution in [0.1, 0.15) is 206 Å². The van der Waals surface area contributed by atoms with Gasteiger partial charge in [-0.1, -0.05) is 96.9 Å². The number of ether oxygens (including phenoxy) is 3. The zero-order valence-corrected chi connectivity index (χ0v) is 75.2. The number of aromatic carboxylic acids is 1. The first kappa shape index (κ1) is 82.0. The summed E-state index contributed by atoms with van der Waals surface area (Å²) in [6.07, 6.45) is -1.62. The molecule has 48 heteroatoms. The van der Waals surface area contributed by atoms with Gasteiger partial charge in [-0.3, -0.25) is 61.4 Å². The van der Waals surface area contributed by atoms with Gasteiger partial charge in [0.2, 0.25) is 34.8 Å². The monoisotopic (exact) mass is 1870 g/mol. The molecule has 0 aliphatic rings. The minimum atomic E-state index is -3.14. The van der Waals surface area contributed by atoms with E-state index in [0.717, 1.165) is 30.9 Å². The first-order valence-electron chi connectivity index (χ1n) is 45.3. The van der Waals surface area contributed by atoms with Crippen molar-refractivity contribution in [3.8, 4) is 23.0 Å². The van der Waals surface area contributed by atoms with Gasteiger partial charge in [0.05, 0.1) is 53.9 Å². The first-order chi connectivity index (χ1) is 67.7. The second-order valence-electron chi connectivity index (χ2n) is 27.9. The van der Waals surface area contributed by atoms with Gasteiger partial charge in [0.25, 0.3) is 52.3 Å². The summed E-state index contributed by atoms with van der Waals surface area (Å²) in [6, 6.07) is 4.63. The Balaban J connectivity index is 0.000000399. The van der Waals surface area contributed by atoms with Crippen LogP contribution in [0.25, 0.3) is 0 Å². The number of hydrogen-bond donors (Lipinski definition) is 13. The molecule has 6 aromatic heterocycles. The summed E-state index contributed by atoms with van der Waals surface area (Å²) in [5, 5.41) is 83.8. The molecule has 5 aromatic carbocycles. The summed E-state index contributed by atoms with van der Waals surface area (Å²) in [5.41, 5.74) is -8.25.